The summed E-state index contributed by atoms with van der Waals surface area (Å²) in [5.41, 5.74) is 10.3. The molecule has 0 aromatic heterocycles. The average Bonchev–Trinajstić information content (AvgIpc) is 2.92. The molecule has 0 fully saturated rings. The molecule has 0 saturated carbocycles. The number of benzene rings is 1. The second-order valence-electron chi connectivity index (χ2n) is 4.57. The molecule has 16 heavy (non-hydrogen) atoms. The minimum Gasteiger partial charge on any atom is -0.493 e. The van der Waals surface area contributed by atoms with Crippen LogP contribution in [0.15, 0.2) is 12.1 Å². The molecule has 3 rings (SSSR count). The highest BCUT2D eigenvalue weighted by Crippen LogP contribution is 2.40. The van der Waals surface area contributed by atoms with E-state index in [0.717, 1.165) is 38.2 Å². The van der Waals surface area contributed by atoms with Gasteiger partial charge < -0.3 is 15.4 Å². The van der Waals surface area contributed by atoms with Crippen LogP contribution >= 0.6 is 0 Å². The van der Waals surface area contributed by atoms with Crippen LogP contribution in [0.2, 0.25) is 0 Å². The number of fused-ring (bicyclic) bond motifs is 3. The van der Waals surface area contributed by atoms with E-state index in [1.165, 1.54) is 16.8 Å². The van der Waals surface area contributed by atoms with Gasteiger partial charge in [0.2, 0.25) is 0 Å². The van der Waals surface area contributed by atoms with Gasteiger partial charge in [0.25, 0.3) is 0 Å². The number of anilines is 1. The molecule has 0 unspecified atom stereocenters. The highest BCUT2D eigenvalue weighted by Gasteiger charge is 2.29. The molecule has 86 valence electrons. The topological polar surface area (TPSA) is 38.5 Å². The fraction of sp³-hybridized carbons (Fsp3) is 0.538. The quantitative estimate of drug-likeness (QED) is 0.820. The first-order valence-electron chi connectivity index (χ1n) is 6.11. The summed E-state index contributed by atoms with van der Waals surface area (Å²) in [4.78, 5) is 2.35. The van der Waals surface area contributed by atoms with E-state index in [4.69, 9.17) is 10.5 Å². The maximum atomic E-state index is 6.17. The zero-order chi connectivity index (χ0) is 11.1. The minimum atomic E-state index is 0.147. The van der Waals surface area contributed by atoms with Gasteiger partial charge >= 0.3 is 0 Å². The summed E-state index contributed by atoms with van der Waals surface area (Å²) < 4.78 is 5.62. The van der Waals surface area contributed by atoms with E-state index in [0.29, 0.717) is 0 Å². The third-order valence-electron chi connectivity index (χ3n) is 3.66. The smallest absolute Gasteiger partial charge is 0.124 e. The van der Waals surface area contributed by atoms with Crippen molar-refractivity contribution in [3.05, 3.63) is 23.3 Å². The van der Waals surface area contributed by atoms with Crippen LogP contribution in [0.5, 0.6) is 5.75 Å². The lowest BCUT2D eigenvalue weighted by atomic mass is 10.0. The summed E-state index contributed by atoms with van der Waals surface area (Å²) >= 11 is 0. The van der Waals surface area contributed by atoms with Crippen LogP contribution in [0.25, 0.3) is 0 Å². The second kappa shape index (κ2) is 3.67. The Hall–Kier alpha value is -1.22. The monoisotopic (exact) mass is 218 g/mol. The summed E-state index contributed by atoms with van der Waals surface area (Å²) in [6.45, 7) is 4.02. The van der Waals surface area contributed by atoms with E-state index in [1.54, 1.807) is 0 Å². The lowest BCUT2D eigenvalue weighted by Crippen LogP contribution is -2.40. The Morgan fingerprint density at radius 2 is 2.31 bits per heavy atom. The first-order valence-corrected chi connectivity index (χ1v) is 6.11. The Labute approximate surface area is 96.2 Å². The van der Waals surface area contributed by atoms with Crippen molar-refractivity contribution >= 4 is 5.69 Å². The molecule has 0 radical (unpaired) electrons. The van der Waals surface area contributed by atoms with Crippen molar-refractivity contribution < 1.29 is 4.74 Å². The third-order valence-corrected chi connectivity index (χ3v) is 3.66. The first-order chi connectivity index (χ1) is 7.81. The fourth-order valence-corrected chi connectivity index (χ4v) is 2.77. The largest absolute Gasteiger partial charge is 0.493 e. The first kappa shape index (κ1) is 9.97. The number of hydrogen-bond donors (Lipinski definition) is 1. The van der Waals surface area contributed by atoms with Gasteiger partial charge in [-0.05, 0) is 24.5 Å². The number of nitrogens with two attached hydrogens (primary N) is 1. The van der Waals surface area contributed by atoms with Crippen molar-refractivity contribution in [1.82, 2.24) is 0 Å². The summed E-state index contributed by atoms with van der Waals surface area (Å²) in [5, 5.41) is 0. The predicted octanol–water partition coefficient (Wildman–Crippen LogP) is 1.68. The molecular weight excluding hydrogens is 200 g/mol. The van der Waals surface area contributed by atoms with E-state index in [2.05, 4.69) is 24.0 Å². The number of nitrogens with zero attached hydrogens (tertiary/aromatic N) is 1. The molecule has 0 saturated heterocycles. The predicted molar refractivity (Wildman–Crippen MR) is 65.0 cm³/mol. The maximum Gasteiger partial charge on any atom is 0.124 e. The van der Waals surface area contributed by atoms with Crippen LogP contribution in [0.3, 0.4) is 0 Å². The summed E-state index contributed by atoms with van der Waals surface area (Å²) in [6.07, 6.45) is 3.29. The SMILES string of the molecule is CC[C@@H](N)N1CCc2ccc3c(c21)CCO3. The lowest BCUT2D eigenvalue weighted by molar-refractivity contribution is 0.357. The number of ether oxygens (including phenoxy) is 1. The van der Waals surface area contributed by atoms with Gasteiger partial charge in [0.1, 0.15) is 5.75 Å². The molecule has 2 heterocycles. The normalized spacial score (nSPS) is 19.2. The molecule has 1 aromatic rings. The zero-order valence-electron chi connectivity index (χ0n) is 9.70. The van der Waals surface area contributed by atoms with E-state index < -0.39 is 0 Å². The Morgan fingerprint density at radius 3 is 3.12 bits per heavy atom. The molecule has 3 heteroatoms. The van der Waals surface area contributed by atoms with Gasteiger partial charge in [-0.2, -0.15) is 0 Å². The van der Waals surface area contributed by atoms with Crippen LogP contribution < -0.4 is 15.4 Å². The van der Waals surface area contributed by atoms with Gasteiger partial charge in [-0.3, -0.25) is 0 Å². The molecule has 2 aliphatic heterocycles. The number of rotatable bonds is 2. The number of hydrogen-bond acceptors (Lipinski definition) is 3. The van der Waals surface area contributed by atoms with Crippen LogP contribution in [-0.4, -0.2) is 19.3 Å². The lowest BCUT2D eigenvalue weighted by Gasteiger charge is -2.27. The Balaban J connectivity index is 2.07. The Bertz CT molecular complexity index is 417. The van der Waals surface area contributed by atoms with Gasteiger partial charge in [-0.25, -0.2) is 0 Å². The zero-order valence-corrected chi connectivity index (χ0v) is 9.70. The highest BCUT2D eigenvalue weighted by molar-refractivity contribution is 5.68. The summed E-state index contributed by atoms with van der Waals surface area (Å²) in [7, 11) is 0. The highest BCUT2D eigenvalue weighted by atomic mass is 16.5. The molecule has 0 aliphatic carbocycles. The molecular formula is C13H18N2O. The van der Waals surface area contributed by atoms with Gasteiger partial charge in [0.15, 0.2) is 0 Å². The van der Waals surface area contributed by atoms with Crippen LogP contribution in [0.1, 0.15) is 24.5 Å². The Kier molecular flexibility index (Phi) is 2.28. The van der Waals surface area contributed by atoms with Crippen molar-refractivity contribution in [2.24, 2.45) is 5.73 Å². The van der Waals surface area contributed by atoms with E-state index in [-0.39, 0.29) is 6.17 Å². The molecule has 1 atom stereocenters. The maximum absolute atomic E-state index is 6.17. The van der Waals surface area contributed by atoms with Gasteiger partial charge in [0.05, 0.1) is 12.8 Å². The summed E-state index contributed by atoms with van der Waals surface area (Å²) in [6, 6.07) is 4.31. The summed E-state index contributed by atoms with van der Waals surface area (Å²) in [5.74, 6) is 1.06. The third kappa shape index (κ3) is 1.31. The van der Waals surface area contributed by atoms with Crippen molar-refractivity contribution in [2.75, 3.05) is 18.1 Å². The molecule has 0 amide bonds. The van der Waals surface area contributed by atoms with E-state index in [9.17, 15) is 0 Å². The van der Waals surface area contributed by atoms with Crippen molar-refractivity contribution in [3.8, 4) is 5.75 Å². The van der Waals surface area contributed by atoms with E-state index in [1.807, 2.05) is 0 Å². The van der Waals surface area contributed by atoms with Crippen molar-refractivity contribution in [2.45, 2.75) is 32.4 Å². The Morgan fingerprint density at radius 1 is 1.44 bits per heavy atom. The average molecular weight is 218 g/mol. The standard InChI is InChI=1S/C13H18N2O/c1-2-12(14)15-7-5-9-3-4-11-10(13(9)15)6-8-16-11/h3-4,12H,2,5-8,14H2,1H3/t12-/m0/s1. The van der Waals surface area contributed by atoms with Crippen molar-refractivity contribution in [1.29, 1.82) is 0 Å². The van der Waals surface area contributed by atoms with E-state index >= 15 is 0 Å². The molecule has 0 spiro atoms. The van der Waals surface area contributed by atoms with Gasteiger partial charge in [-0.15, -0.1) is 0 Å². The molecule has 2 aliphatic rings. The van der Waals surface area contributed by atoms with Gasteiger partial charge in [0, 0.05) is 24.2 Å². The minimum absolute atomic E-state index is 0.147. The fourth-order valence-electron chi connectivity index (χ4n) is 2.77. The molecule has 2 N–H and O–H groups in total. The van der Waals surface area contributed by atoms with Crippen LogP contribution in [0, 0.1) is 0 Å². The van der Waals surface area contributed by atoms with Crippen LogP contribution in [-0.2, 0) is 12.8 Å². The van der Waals surface area contributed by atoms with Gasteiger partial charge in [-0.1, -0.05) is 13.0 Å². The molecule has 0 bridgehead atoms. The molecule has 1 aromatic carbocycles. The van der Waals surface area contributed by atoms with Crippen LogP contribution in [0.4, 0.5) is 5.69 Å². The molecule has 3 nitrogen and oxygen atoms in total. The van der Waals surface area contributed by atoms with Crippen molar-refractivity contribution in [3.63, 3.8) is 0 Å². The second-order valence-corrected chi connectivity index (χ2v) is 4.57.